The fourth-order valence-electron chi connectivity index (χ4n) is 1.56. The number of halogens is 3. The van der Waals surface area contributed by atoms with Crippen LogP contribution in [-0.2, 0) is 0 Å². The fourth-order valence-corrected chi connectivity index (χ4v) is 1.56. The third kappa shape index (κ3) is 4.42. The van der Waals surface area contributed by atoms with Crippen LogP contribution in [0.4, 0.5) is 18.9 Å². The van der Waals surface area contributed by atoms with E-state index in [1.165, 1.54) is 18.2 Å². The molecular weight excluding hydrogens is 263 g/mol. The van der Waals surface area contributed by atoms with Gasteiger partial charge in [0.15, 0.2) is 0 Å². The highest BCUT2D eigenvalue weighted by Crippen LogP contribution is 2.20. The molecule has 5 nitrogen and oxygen atoms in total. The molecule has 0 atom stereocenters. The Labute approximate surface area is 107 Å². The molecule has 19 heavy (non-hydrogen) atoms. The molecule has 0 spiro atoms. The molecule has 4 N–H and O–H groups in total. The zero-order valence-electron chi connectivity index (χ0n) is 9.94. The molecule has 0 aliphatic carbocycles. The zero-order chi connectivity index (χ0) is 14.5. The largest absolute Gasteiger partial charge is 0.406 e. The normalized spacial score (nSPS) is 11.2. The van der Waals surface area contributed by atoms with E-state index in [4.69, 9.17) is 10.9 Å². The molecule has 106 valence electrons. The molecule has 8 heteroatoms. The maximum atomic E-state index is 12.4. The van der Waals surface area contributed by atoms with Crippen molar-refractivity contribution in [2.24, 2.45) is 5.84 Å². The summed E-state index contributed by atoms with van der Waals surface area (Å²) < 4.78 is 37.1. The van der Waals surface area contributed by atoms with E-state index >= 15 is 0 Å². The molecule has 0 aliphatic heterocycles. The van der Waals surface area contributed by atoms with Gasteiger partial charge in [0, 0.05) is 6.54 Å². The van der Waals surface area contributed by atoms with Gasteiger partial charge in [0.2, 0.25) is 0 Å². The maximum Gasteiger partial charge on any atom is 0.406 e. The van der Waals surface area contributed by atoms with Gasteiger partial charge >= 0.3 is 6.18 Å². The maximum absolute atomic E-state index is 12.4. The molecule has 1 amide bonds. The Balaban J connectivity index is 2.99. The third-order valence-corrected chi connectivity index (χ3v) is 2.34. The molecular formula is C11H14F3N3O2. The lowest BCUT2D eigenvalue weighted by molar-refractivity contribution is -0.141. The van der Waals surface area contributed by atoms with Gasteiger partial charge in [-0.15, -0.1) is 0 Å². The summed E-state index contributed by atoms with van der Waals surface area (Å²) in [4.78, 5) is 12.5. The van der Waals surface area contributed by atoms with E-state index in [0.717, 1.165) is 0 Å². The van der Waals surface area contributed by atoms with E-state index in [0.29, 0.717) is 4.90 Å². The summed E-state index contributed by atoms with van der Waals surface area (Å²) in [6, 6.07) is 5.93. The summed E-state index contributed by atoms with van der Waals surface area (Å²) in [5.41, 5.74) is 2.48. The standard InChI is InChI=1S/C11H14F3N3O2/c12-11(13,14)7-17(5-6-18)10(19)8-3-1-2-4-9(8)16-15/h1-4,16,18H,5-7,15H2. The number of benzene rings is 1. The summed E-state index contributed by atoms with van der Waals surface area (Å²) >= 11 is 0. The molecule has 1 aromatic rings. The summed E-state index contributed by atoms with van der Waals surface area (Å²) in [6.45, 7) is -2.39. The predicted octanol–water partition coefficient (Wildman–Crippen LogP) is 0.969. The molecule has 0 unspecified atom stereocenters. The van der Waals surface area contributed by atoms with Gasteiger partial charge in [-0.25, -0.2) is 0 Å². The van der Waals surface area contributed by atoms with E-state index in [2.05, 4.69) is 5.43 Å². The molecule has 0 fully saturated rings. The number of carbonyl (C=O) groups is 1. The number of hydrazine groups is 1. The molecule has 1 rings (SSSR count). The van der Waals surface area contributed by atoms with Gasteiger partial charge in [0.25, 0.3) is 5.91 Å². The molecule has 0 aromatic heterocycles. The van der Waals surface area contributed by atoms with Crippen molar-refractivity contribution in [2.75, 3.05) is 25.1 Å². The second-order valence-electron chi connectivity index (χ2n) is 3.76. The topological polar surface area (TPSA) is 78.6 Å². The average molecular weight is 277 g/mol. The highest BCUT2D eigenvalue weighted by molar-refractivity contribution is 5.99. The minimum absolute atomic E-state index is 0.0164. The van der Waals surface area contributed by atoms with Crippen molar-refractivity contribution in [3.63, 3.8) is 0 Å². The van der Waals surface area contributed by atoms with Gasteiger partial charge in [0.1, 0.15) is 6.54 Å². The van der Waals surface area contributed by atoms with Crippen LogP contribution in [0.3, 0.4) is 0 Å². The van der Waals surface area contributed by atoms with Crippen molar-refractivity contribution in [1.29, 1.82) is 0 Å². The molecule has 1 aromatic carbocycles. The first-order valence-electron chi connectivity index (χ1n) is 5.41. The summed E-state index contributed by atoms with van der Waals surface area (Å²) in [6.07, 6.45) is -4.53. The van der Waals surface area contributed by atoms with E-state index in [1.54, 1.807) is 6.07 Å². The Hall–Kier alpha value is -1.80. The summed E-state index contributed by atoms with van der Waals surface area (Å²) in [5, 5.41) is 8.75. The minimum atomic E-state index is -4.53. The number of nitrogens with zero attached hydrogens (tertiary/aromatic N) is 1. The SMILES string of the molecule is NNc1ccccc1C(=O)N(CCO)CC(F)(F)F. The van der Waals surface area contributed by atoms with Crippen molar-refractivity contribution < 1.29 is 23.1 Å². The zero-order valence-corrected chi connectivity index (χ0v) is 9.94. The second kappa shape index (κ2) is 6.39. The monoisotopic (exact) mass is 277 g/mol. The number of aliphatic hydroxyl groups is 1. The first-order chi connectivity index (χ1) is 8.89. The summed E-state index contributed by atoms with van der Waals surface area (Å²) in [7, 11) is 0. The van der Waals surface area contributed by atoms with Gasteiger partial charge in [-0.2, -0.15) is 13.2 Å². The number of carbonyl (C=O) groups excluding carboxylic acids is 1. The van der Waals surface area contributed by atoms with Crippen LogP contribution in [0.2, 0.25) is 0 Å². The van der Waals surface area contributed by atoms with Crippen LogP contribution >= 0.6 is 0 Å². The number of para-hydroxylation sites is 1. The quantitative estimate of drug-likeness (QED) is 0.553. The molecule has 0 aliphatic rings. The molecule has 0 bridgehead atoms. The Kier molecular flexibility index (Phi) is 5.13. The lowest BCUT2D eigenvalue weighted by atomic mass is 10.1. The van der Waals surface area contributed by atoms with Crippen molar-refractivity contribution in [1.82, 2.24) is 4.90 Å². The number of hydrogen-bond donors (Lipinski definition) is 3. The number of anilines is 1. The van der Waals surface area contributed by atoms with Crippen molar-refractivity contribution in [3.8, 4) is 0 Å². The molecule has 0 radical (unpaired) electrons. The van der Waals surface area contributed by atoms with Gasteiger partial charge in [0.05, 0.1) is 17.9 Å². The predicted molar refractivity (Wildman–Crippen MR) is 63.3 cm³/mol. The van der Waals surface area contributed by atoms with Crippen LogP contribution in [0.5, 0.6) is 0 Å². The molecule has 0 heterocycles. The lowest BCUT2D eigenvalue weighted by Gasteiger charge is -2.24. The Bertz CT molecular complexity index is 437. The van der Waals surface area contributed by atoms with Gasteiger partial charge in [-0.05, 0) is 12.1 Å². The van der Waals surface area contributed by atoms with E-state index in [1.807, 2.05) is 0 Å². The Morgan fingerprint density at radius 1 is 1.37 bits per heavy atom. The van der Waals surface area contributed by atoms with Gasteiger partial charge in [-0.1, -0.05) is 12.1 Å². The number of nitrogens with one attached hydrogen (secondary N) is 1. The van der Waals surface area contributed by atoms with Gasteiger partial charge in [-0.3, -0.25) is 10.6 Å². The van der Waals surface area contributed by atoms with E-state index < -0.39 is 31.8 Å². The number of nitrogen functional groups attached to an aromatic ring is 1. The minimum Gasteiger partial charge on any atom is -0.395 e. The first-order valence-corrected chi connectivity index (χ1v) is 5.41. The van der Waals surface area contributed by atoms with Crippen LogP contribution in [0.25, 0.3) is 0 Å². The highest BCUT2D eigenvalue weighted by Gasteiger charge is 2.33. The first kappa shape index (κ1) is 15.3. The Morgan fingerprint density at radius 3 is 2.53 bits per heavy atom. The lowest BCUT2D eigenvalue weighted by Crippen LogP contribution is -2.41. The van der Waals surface area contributed by atoms with Gasteiger partial charge < -0.3 is 15.4 Å². The number of alkyl halides is 3. The van der Waals surface area contributed by atoms with E-state index in [9.17, 15) is 18.0 Å². The van der Waals surface area contributed by atoms with Crippen LogP contribution < -0.4 is 11.3 Å². The van der Waals surface area contributed by atoms with Crippen molar-refractivity contribution in [3.05, 3.63) is 29.8 Å². The Morgan fingerprint density at radius 2 is 2.00 bits per heavy atom. The van der Waals surface area contributed by atoms with Crippen LogP contribution in [-0.4, -0.2) is 41.8 Å². The summed E-state index contributed by atoms with van der Waals surface area (Å²) in [5.74, 6) is 4.35. The van der Waals surface area contributed by atoms with Crippen molar-refractivity contribution in [2.45, 2.75) is 6.18 Å². The smallest absolute Gasteiger partial charge is 0.395 e. The molecule has 0 saturated heterocycles. The van der Waals surface area contributed by atoms with Crippen LogP contribution in [0.15, 0.2) is 24.3 Å². The molecule has 0 saturated carbocycles. The van der Waals surface area contributed by atoms with Crippen LogP contribution in [0.1, 0.15) is 10.4 Å². The average Bonchev–Trinajstić information content (AvgIpc) is 2.36. The number of aliphatic hydroxyl groups excluding tert-OH is 1. The second-order valence-corrected chi connectivity index (χ2v) is 3.76. The number of nitrogens with two attached hydrogens (primary N) is 1. The third-order valence-electron chi connectivity index (χ3n) is 2.34. The number of hydrogen-bond acceptors (Lipinski definition) is 4. The highest BCUT2D eigenvalue weighted by atomic mass is 19.4. The van der Waals surface area contributed by atoms with E-state index in [-0.39, 0.29) is 11.3 Å². The fraction of sp³-hybridized carbons (Fsp3) is 0.364. The number of amides is 1. The van der Waals surface area contributed by atoms with Crippen LogP contribution in [0, 0.1) is 0 Å². The van der Waals surface area contributed by atoms with Crippen molar-refractivity contribution >= 4 is 11.6 Å². The number of rotatable bonds is 5.